The van der Waals surface area contributed by atoms with Crippen molar-refractivity contribution in [1.29, 1.82) is 0 Å². The highest BCUT2D eigenvalue weighted by atomic mass is 32.1. The number of thiocarbonyl (C=S) groups is 1. The molecule has 1 nitrogen and oxygen atoms in total. The highest BCUT2D eigenvalue weighted by Crippen LogP contribution is 2.13. The lowest BCUT2D eigenvalue weighted by Gasteiger charge is -2.05. The lowest BCUT2D eigenvalue weighted by molar-refractivity contribution is 0.423. The van der Waals surface area contributed by atoms with E-state index in [0.717, 1.165) is 16.9 Å². The van der Waals surface area contributed by atoms with Gasteiger partial charge in [0.15, 0.2) is 0 Å². The number of allylic oxidation sites excluding steroid dienone is 3. The van der Waals surface area contributed by atoms with Crippen LogP contribution < -0.4 is 0 Å². The molecule has 0 radical (unpaired) electrons. The first kappa shape index (κ1) is 6.49. The Balaban J connectivity index is 2.87. The van der Waals surface area contributed by atoms with Crippen molar-refractivity contribution in [2.24, 2.45) is 0 Å². The number of aliphatic hydroxyl groups excluding tert-OH is 1. The Hall–Kier alpha value is -0.630. The van der Waals surface area contributed by atoms with Gasteiger partial charge in [-0.15, -0.1) is 0 Å². The second-order valence-corrected chi connectivity index (χ2v) is 2.61. The lowest BCUT2D eigenvalue weighted by atomic mass is 10.1. The zero-order valence-electron chi connectivity index (χ0n) is 5.22. The summed E-state index contributed by atoms with van der Waals surface area (Å²) in [6.45, 7) is 1.87. The van der Waals surface area contributed by atoms with E-state index >= 15 is 0 Å². The van der Waals surface area contributed by atoms with Crippen LogP contribution in [0.5, 0.6) is 0 Å². The van der Waals surface area contributed by atoms with E-state index < -0.39 is 0 Å². The van der Waals surface area contributed by atoms with E-state index in [9.17, 15) is 0 Å². The van der Waals surface area contributed by atoms with E-state index in [2.05, 4.69) is 0 Å². The van der Waals surface area contributed by atoms with Gasteiger partial charge in [0, 0.05) is 11.3 Å². The summed E-state index contributed by atoms with van der Waals surface area (Å²) in [5.41, 5.74) is 0.920. The zero-order chi connectivity index (χ0) is 6.85. The van der Waals surface area contributed by atoms with Gasteiger partial charge >= 0.3 is 0 Å². The second kappa shape index (κ2) is 2.31. The Bertz CT molecular complexity index is 201. The normalized spacial score (nSPS) is 19.0. The van der Waals surface area contributed by atoms with Crippen molar-refractivity contribution in [2.75, 3.05) is 0 Å². The van der Waals surface area contributed by atoms with Crippen molar-refractivity contribution in [3.05, 3.63) is 23.5 Å². The molecule has 0 saturated heterocycles. The number of hydrogen-bond donors (Lipinski definition) is 1. The summed E-state index contributed by atoms with van der Waals surface area (Å²) >= 11 is 4.85. The van der Waals surface area contributed by atoms with Gasteiger partial charge in [0.1, 0.15) is 5.76 Å². The largest absolute Gasteiger partial charge is 0.508 e. The van der Waals surface area contributed by atoms with Crippen LogP contribution in [0.25, 0.3) is 0 Å². The van der Waals surface area contributed by atoms with Gasteiger partial charge in [-0.05, 0) is 18.6 Å². The first-order chi connectivity index (χ1) is 4.20. The lowest BCUT2D eigenvalue weighted by Crippen LogP contribution is -1.98. The molecule has 48 valence electrons. The molecule has 1 rings (SSSR count). The van der Waals surface area contributed by atoms with Gasteiger partial charge in [-0.25, -0.2) is 0 Å². The van der Waals surface area contributed by atoms with Crippen LogP contribution in [0.15, 0.2) is 23.5 Å². The smallest absolute Gasteiger partial charge is 0.119 e. The van der Waals surface area contributed by atoms with Crippen LogP contribution in [0.4, 0.5) is 0 Å². The number of rotatable bonds is 0. The molecule has 0 aromatic rings. The Morgan fingerprint density at radius 1 is 1.67 bits per heavy atom. The molecule has 1 aliphatic carbocycles. The van der Waals surface area contributed by atoms with E-state index in [0.29, 0.717) is 5.76 Å². The third kappa shape index (κ3) is 1.39. The van der Waals surface area contributed by atoms with Crippen molar-refractivity contribution in [3.63, 3.8) is 0 Å². The molecule has 0 amide bonds. The van der Waals surface area contributed by atoms with Crippen LogP contribution in [0.3, 0.4) is 0 Å². The summed E-state index contributed by atoms with van der Waals surface area (Å²) in [7, 11) is 0. The van der Waals surface area contributed by atoms with Gasteiger partial charge in [-0.3, -0.25) is 0 Å². The molecule has 0 aromatic heterocycles. The summed E-state index contributed by atoms with van der Waals surface area (Å²) in [5.74, 6) is 0.311. The number of aliphatic hydroxyl groups is 1. The fourth-order valence-corrected chi connectivity index (χ4v) is 0.878. The average molecular weight is 140 g/mol. The maximum absolute atomic E-state index is 9.05. The highest BCUT2D eigenvalue weighted by molar-refractivity contribution is 7.80. The van der Waals surface area contributed by atoms with Gasteiger partial charge in [0.05, 0.1) is 0 Å². The minimum absolute atomic E-state index is 0.311. The predicted molar refractivity (Wildman–Crippen MR) is 41.7 cm³/mol. The van der Waals surface area contributed by atoms with E-state index in [4.69, 9.17) is 17.3 Å². The molecule has 0 saturated carbocycles. The van der Waals surface area contributed by atoms with Crippen molar-refractivity contribution in [3.8, 4) is 0 Å². The molecule has 0 fully saturated rings. The zero-order valence-corrected chi connectivity index (χ0v) is 6.03. The van der Waals surface area contributed by atoms with E-state index in [1.807, 2.05) is 13.0 Å². The summed E-state index contributed by atoms with van der Waals surface area (Å²) < 4.78 is 0. The van der Waals surface area contributed by atoms with Crippen molar-refractivity contribution in [2.45, 2.75) is 13.3 Å². The molecule has 0 aliphatic heterocycles. The van der Waals surface area contributed by atoms with Gasteiger partial charge < -0.3 is 5.11 Å². The molecular weight excluding hydrogens is 132 g/mol. The van der Waals surface area contributed by atoms with Crippen LogP contribution in [-0.2, 0) is 0 Å². The van der Waals surface area contributed by atoms with Crippen LogP contribution in [0.2, 0.25) is 0 Å². The van der Waals surface area contributed by atoms with Crippen LogP contribution >= 0.6 is 12.2 Å². The molecule has 0 unspecified atom stereocenters. The Labute approximate surface area is 59.7 Å². The van der Waals surface area contributed by atoms with E-state index in [-0.39, 0.29) is 0 Å². The highest BCUT2D eigenvalue weighted by Gasteiger charge is 2.03. The molecule has 1 aliphatic rings. The van der Waals surface area contributed by atoms with Gasteiger partial charge in [-0.1, -0.05) is 18.3 Å². The molecule has 9 heavy (non-hydrogen) atoms. The predicted octanol–water partition coefficient (Wildman–Crippen LogP) is 2.15. The first-order valence-corrected chi connectivity index (χ1v) is 3.21. The summed E-state index contributed by atoms with van der Waals surface area (Å²) in [5, 5.41) is 9.05. The van der Waals surface area contributed by atoms with Crippen molar-refractivity contribution < 1.29 is 5.11 Å². The topological polar surface area (TPSA) is 20.2 Å². The molecule has 1 N–H and O–H groups in total. The summed E-state index contributed by atoms with van der Waals surface area (Å²) in [6, 6.07) is 0. The van der Waals surface area contributed by atoms with Gasteiger partial charge in [0.25, 0.3) is 0 Å². The molecular formula is C7H8OS. The fraction of sp³-hybridized carbons (Fsp3) is 0.286. The van der Waals surface area contributed by atoms with E-state index in [1.165, 1.54) is 0 Å². The Morgan fingerprint density at radius 3 is 2.78 bits per heavy atom. The second-order valence-electron chi connectivity index (χ2n) is 2.09. The quantitative estimate of drug-likeness (QED) is 0.520. The minimum Gasteiger partial charge on any atom is -0.508 e. The van der Waals surface area contributed by atoms with Gasteiger partial charge in [0.2, 0.25) is 0 Å². The third-order valence-corrected chi connectivity index (χ3v) is 1.60. The van der Waals surface area contributed by atoms with Crippen LogP contribution in [0.1, 0.15) is 13.3 Å². The van der Waals surface area contributed by atoms with Crippen LogP contribution in [-0.4, -0.2) is 9.97 Å². The first-order valence-electron chi connectivity index (χ1n) is 2.81. The number of hydrogen-bond acceptors (Lipinski definition) is 2. The molecule has 0 atom stereocenters. The maximum atomic E-state index is 9.05. The molecule has 0 aromatic carbocycles. The SMILES string of the molecule is CC1=CCC(=S)C=C1O. The van der Waals surface area contributed by atoms with E-state index in [1.54, 1.807) is 6.08 Å². The monoisotopic (exact) mass is 140 g/mol. The average Bonchev–Trinajstić information content (AvgIpc) is 1.80. The molecule has 0 spiro atoms. The van der Waals surface area contributed by atoms with Crippen molar-refractivity contribution >= 4 is 17.1 Å². The minimum atomic E-state index is 0.311. The van der Waals surface area contributed by atoms with Crippen molar-refractivity contribution in [1.82, 2.24) is 0 Å². The Kier molecular flexibility index (Phi) is 1.67. The maximum Gasteiger partial charge on any atom is 0.119 e. The Morgan fingerprint density at radius 2 is 2.33 bits per heavy atom. The summed E-state index contributed by atoms with van der Waals surface area (Å²) in [6.07, 6.45) is 4.35. The van der Waals surface area contributed by atoms with Gasteiger partial charge in [-0.2, -0.15) is 0 Å². The molecule has 0 heterocycles. The summed E-state index contributed by atoms with van der Waals surface area (Å²) in [4.78, 5) is 0.804. The molecule has 2 heteroatoms. The standard InChI is InChI=1S/C7H8OS/c1-5-2-3-6(9)4-7(5)8/h2,4,8H,3H2,1H3. The van der Waals surface area contributed by atoms with Crippen LogP contribution in [0, 0.1) is 0 Å². The fourth-order valence-electron chi connectivity index (χ4n) is 0.684. The third-order valence-electron chi connectivity index (χ3n) is 1.31. The molecule has 0 bridgehead atoms.